The summed E-state index contributed by atoms with van der Waals surface area (Å²) in [5.41, 5.74) is 6.74. The predicted molar refractivity (Wildman–Crippen MR) is 97.8 cm³/mol. The lowest BCUT2D eigenvalue weighted by atomic mass is 10.3. The molecule has 0 saturated heterocycles. The third kappa shape index (κ3) is 7.79. The van der Waals surface area contributed by atoms with Gasteiger partial charge < -0.3 is 20.5 Å². The molecule has 0 aromatic heterocycles. The van der Waals surface area contributed by atoms with E-state index in [1.807, 2.05) is 38.1 Å². The van der Waals surface area contributed by atoms with Gasteiger partial charge in [0.25, 0.3) is 0 Å². The maximum Gasteiger partial charge on any atom is 0.188 e. The van der Waals surface area contributed by atoms with Crippen molar-refractivity contribution in [2.75, 3.05) is 20.2 Å². The van der Waals surface area contributed by atoms with Gasteiger partial charge in [-0.2, -0.15) is 0 Å². The van der Waals surface area contributed by atoms with E-state index >= 15 is 0 Å². The highest BCUT2D eigenvalue weighted by Gasteiger charge is 2.08. The summed E-state index contributed by atoms with van der Waals surface area (Å²) in [5.74, 6) is 1.80. The van der Waals surface area contributed by atoms with E-state index in [9.17, 15) is 0 Å². The molecule has 0 radical (unpaired) electrons. The molecule has 21 heavy (non-hydrogen) atoms. The molecule has 5 nitrogen and oxygen atoms in total. The van der Waals surface area contributed by atoms with Gasteiger partial charge in [-0.25, -0.2) is 4.99 Å². The molecule has 118 valence electrons. The highest BCUT2D eigenvalue weighted by atomic mass is 127. The zero-order chi connectivity index (χ0) is 15.0. The second-order valence-corrected chi connectivity index (χ2v) is 4.62. The first-order valence-electron chi connectivity index (χ1n) is 6.50. The number of nitrogens with one attached hydrogen (secondary N) is 1. The number of para-hydroxylation sites is 2. The van der Waals surface area contributed by atoms with Crippen LogP contribution >= 0.6 is 24.0 Å². The number of hydrogen-bond donors (Lipinski definition) is 2. The van der Waals surface area contributed by atoms with Crippen LogP contribution in [0, 0.1) is 0 Å². The Balaban J connectivity index is 0.00000400. The predicted octanol–water partition coefficient (Wildman–Crippen LogP) is 2.56. The van der Waals surface area contributed by atoms with E-state index in [0.29, 0.717) is 30.5 Å². The first-order valence-corrected chi connectivity index (χ1v) is 6.50. The molecule has 0 fully saturated rings. The number of methoxy groups -OCH3 is 1. The molecule has 1 aromatic carbocycles. The van der Waals surface area contributed by atoms with E-state index in [1.54, 1.807) is 7.11 Å². The van der Waals surface area contributed by atoms with E-state index in [4.69, 9.17) is 15.2 Å². The van der Waals surface area contributed by atoms with Gasteiger partial charge in [-0.1, -0.05) is 24.3 Å². The van der Waals surface area contributed by atoms with Crippen LogP contribution in [-0.2, 0) is 0 Å². The van der Waals surface area contributed by atoms with Gasteiger partial charge in [-0.05, 0) is 26.0 Å². The summed E-state index contributed by atoms with van der Waals surface area (Å²) < 4.78 is 11.0. The third-order valence-electron chi connectivity index (χ3n) is 2.49. The number of nitrogens with zero attached hydrogens (tertiary/aromatic N) is 1. The molecule has 0 spiro atoms. The van der Waals surface area contributed by atoms with Crippen LogP contribution in [0.5, 0.6) is 11.5 Å². The van der Waals surface area contributed by atoms with Gasteiger partial charge in [0.15, 0.2) is 17.5 Å². The van der Waals surface area contributed by atoms with E-state index < -0.39 is 0 Å². The second kappa shape index (κ2) is 10.3. The minimum absolute atomic E-state index is 0. The molecule has 1 rings (SSSR count). The minimum atomic E-state index is -0.100. The summed E-state index contributed by atoms with van der Waals surface area (Å²) in [5, 5.41) is 2.97. The van der Waals surface area contributed by atoms with Crippen LogP contribution in [0.4, 0.5) is 0 Å². The highest BCUT2D eigenvalue weighted by molar-refractivity contribution is 14.0. The van der Waals surface area contributed by atoms with Gasteiger partial charge in [0.1, 0.15) is 6.10 Å². The molecule has 0 aliphatic carbocycles. The van der Waals surface area contributed by atoms with Crippen LogP contribution in [-0.4, -0.2) is 32.3 Å². The lowest BCUT2D eigenvalue weighted by molar-refractivity contribution is 0.219. The van der Waals surface area contributed by atoms with E-state index in [1.165, 1.54) is 0 Å². The second-order valence-electron chi connectivity index (χ2n) is 4.62. The van der Waals surface area contributed by atoms with Gasteiger partial charge in [0.05, 0.1) is 13.7 Å². The van der Waals surface area contributed by atoms with Crippen molar-refractivity contribution in [1.82, 2.24) is 5.32 Å². The third-order valence-corrected chi connectivity index (χ3v) is 2.49. The van der Waals surface area contributed by atoms with E-state index in [-0.39, 0.29) is 30.1 Å². The summed E-state index contributed by atoms with van der Waals surface area (Å²) in [6.07, 6.45) is -0.100. The van der Waals surface area contributed by atoms with Crippen molar-refractivity contribution >= 4 is 29.9 Å². The van der Waals surface area contributed by atoms with Crippen LogP contribution in [0.2, 0.25) is 0 Å². The molecule has 0 heterocycles. The topological polar surface area (TPSA) is 68.9 Å². The minimum Gasteiger partial charge on any atom is -0.493 e. The van der Waals surface area contributed by atoms with Crippen molar-refractivity contribution in [1.29, 1.82) is 0 Å². The summed E-state index contributed by atoms with van der Waals surface area (Å²) in [6, 6.07) is 7.51. The number of rotatable bonds is 7. The first-order chi connectivity index (χ1) is 9.52. The summed E-state index contributed by atoms with van der Waals surface area (Å²) in [6.45, 7) is 8.73. The molecule has 6 heteroatoms. The summed E-state index contributed by atoms with van der Waals surface area (Å²) in [4.78, 5) is 4.22. The Morgan fingerprint density at radius 3 is 2.57 bits per heavy atom. The van der Waals surface area contributed by atoms with Crippen molar-refractivity contribution < 1.29 is 9.47 Å². The van der Waals surface area contributed by atoms with Crippen LogP contribution in [0.15, 0.2) is 41.4 Å². The fourth-order valence-corrected chi connectivity index (χ4v) is 1.49. The summed E-state index contributed by atoms with van der Waals surface area (Å²) >= 11 is 0. The Kier molecular flexibility index (Phi) is 9.60. The lowest BCUT2D eigenvalue weighted by Crippen LogP contribution is -2.33. The SMILES string of the molecule is C=C(C)CNC(N)=NCC(C)Oc1ccccc1OC.I. The quantitative estimate of drug-likeness (QED) is 0.317. The van der Waals surface area contributed by atoms with Gasteiger partial charge in [0, 0.05) is 6.54 Å². The Morgan fingerprint density at radius 1 is 1.38 bits per heavy atom. The molecular weight excluding hydrogens is 381 g/mol. The molecule has 1 aromatic rings. The molecule has 1 unspecified atom stereocenters. The molecule has 0 bridgehead atoms. The van der Waals surface area contributed by atoms with Gasteiger partial charge in [-0.15, -0.1) is 24.0 Å². The molecule has 0 amide bonds. The number of hydrogen-bond acceptors (Lipinski definition) is 3. The standard InChI is InChI=1S/C15H23N3O2.HI/c1-11(2)9-17-15(16)18-10-12(3)20-14-8-6-5-7-13(14)19-4;/h5-8,12H,1,9-10H2,2-4H3,(H3,16,17,18);1H. The number of halogens is 1. The smallest absolute Gasteiger partial charge is 0.188 e. The molecular formula is C15H24IN3O2. The number of nitrogens with two attached hydrogens (primary N) is 1. The van der Waals surface area contributed by atoms with E-state index in [0.717, 1.165) is 5.57 Å². The molecule has 3 N–H and O–H groups in total. The molecule has 0 aliphatic rings. The van der Waals surface area contributed by atoms with Crippen molar-refractivity contribution in [2.45, 2.75) is 20.0 Å². The van der Waals surface area contributed by atoms with Crippen molar-refractivity contribution in [2.24, 2.45) is 10.7 Å². The average molecular weight is 405 g/mol. The van der Waals surface area contributed by atoms with Gasteiger partial charge >= 0.3 is 0 Å². The van der Waals surface area contributed by atoms with Crippen LogP contribution in [0.1, 0.15) is 13.8 Å². The fraction of sp³-hybridized carbons (Fsp3) is 0.400. The summed E-state index contributed by atoms with van der Waals surface area (Å²) in [7, 11) is 1.62. The van der Waals surface area contributed by atoms with Crippen molar-refractivity contribution in [3.8, 4) is 11.5 Å². The first kappa shape index (κ1) is 19.6. The number of benzene rings is 1. The highest BCUT2D eigenvalue weighted by Crippen LogP contribution is 2.26. The van der Waals surface area contributed by atoms with Gasteiger partial charge in [-0.3, -0.25) is 0 Å². The Labute approximate surface area is 143 Å². The maximum absolute atomic E-state index is 5.78. The number of ether oxygens (including phenoxy) is 2. The lowest BCUT2D eigenvalue weighted by Gasteiger charge is -2.15. The molecule has 0 saturated carbocycles. The normalized spacial score (nSPS) is 12.0. The van der Waals surface area contributed by atoms with Crippen molar-refractivity contribution in [3.63, 3.8) is 0 Å². The largest absolute Gasteiger partial charge is 0.493 e. The number of aliphatic imine (C=N–C) groups is 1. The Bertz CT molecular complexity index is 478. The van der Waals surface area contributed by atoms with E-state index in [2.05, 4.69) is 16.9 Å². The van der Waals surface area contributed by atoms with Gasteiger partial charge in [0.2, 0.25) is 0 Å². The number of guanidine groups is 1. The van der Waals surface area contributed by atoms with Crippen LogP contribution in [0.25, 0.3) is 0 Å². The monoisotopic (exact) mass is 405 g/mol. The molecule has 0 aliphatic heterocycles. The Morgan fingerprint density at radius 2 is 2.00 bits per heavy atom. The Hall–Kier alpha value is -1.44. The zero-order valence-electron chi connectivity index (χ0n) is 12.8. The van der Waals surface area contributed by atoms with Crippen LogP contribution < -0.4 is 20.5 Å². The fourth-order valence-electron chi connectivity index (χ4n) is 1.49. The maximum atomic E-state index is 5.78. The molecule has 1 atom stereocenters. The van der Waals surface area contributed by atoms with Crippen LogP contribution in [0.3, 0.4) is 0 Å². The zero-order valence-corrected chi connectivity index (χ0v) is 15.1. The average Bonchev–Trinajstić information content (AvgIpc) is 2.43. The van der Waals surface area contributed by atoms with Crippen molar-refractivity contribution in [3.05, 3.63) is 36.4 Å².